The van der Waals surface area contributed by atoms with Crippen molar-refractivity contribution in [3.63, 3.8) is 0 Å². The summed E-state index contributed by atoms with van der Waals surface area (Å²) in [7, 11) is 0. The lowest BCUT2D eigenvalue weighted by Gasteiger charge is -2.15. The summed E-state index contributed by atoms with van der Waals surface area (Å²) in [5.41, 5.74) is 2.45. The molecule has 0 aromatic carbocycles. The van der Waals surface area contributed by atoms with Crippen LogP contribution >= 0.6 is 27.3 Å². The van der Waals surface area contributed by atoms with Crippen LogP contribution in [0.15, 0.2) is 15.9 Å². The number of rotatable bonds is 6. The van der Waals surface area contributed by atoms with Gasteiger partial charge in [0.05, 0.1) is 6.61 Å². The first-order chi connectivity index (χ1) is 7.90. The molecule has 0 bridgehead atoms. The fourth-order valence-corrected chi connectivity index (χ4v) is 2.72. The molecule has 0 fully saturated rings. The highest BCUT2D eigenvalue weighted by Crippen LogP contribution is 2.21. The average molecular weight is 333 g/mol. The summed E-state index contributed by atoms with van der Waals surface area (Å²) in [4.78, 5) is 1.02. The molecule has 0 aliphatic heterocycles. The van der Waals surface area contributed by atoms with Gasteiger partial charge in [0, 0.05) is 27.2 Å². The lowest BCUT2D eigenvalue weighted by Crippen LogP contribution is -2.40. The summed E-state index contributed by atoms with van der Waals surface area (Å²) in [6.45, 7) is -1.33. The molecule has 98 valence electrons. The van der Waals surface area contributed by atoms with Crippen LogP contribution in [0.4, 0.5) is 13.2 Å². The lowest BCUT2D eigenvalue weighted by atomic mass is 10.2. The first-order valence-corrected chi connectivity index (χ1v) is 6.41. The van der Waals surface area contributed by atoms with Crippen LogP contribution in [0.2, 0.25) is 0 Å². The number of hydrazine groups is 1. The molecular weight excluding hydrogens is 321 g/mol. The third-order valence-electron chi connectivity index (χ3n) is 1.89. The number of nitrogens with two attached hydrogens (primary N) is 1. The van der Waals surface area contributed by atoms with E-state index in [0.29, 0.717) is 6.42 Å². The predicted molar refractivity (Wildman–Crippen MR) is 63.7 cm³/mol. The smallest absolute Gasteiger partial charge is 0.370 e. The minimum Gasteiger partial charge on any atom is -0.370 e. The van der Waals surface area contributed by atoms with E-state index in [1.54, 1.807) is 0 Å². The topological polar surface area (TPSA) is 47.3 Å². The zero-order valence-electron chi connectivity index (χ0n) is 8.76. The molecule has 8 heteroatoms. The molecule has 0 saturated carbocycles. The molecule has 0 amide bonds. The molecule has 0 aliphatic rings. The van der Waals surface area contributed by atoms with Crippen LogP contribution in [0, 0.1) is 0 Å². The fourth-order valence-electron chi connectivity index (χ4n) is 1.19. The van der Waals surface area contributed by atoms with Crippen LogP contribution in [-0.2, 0) is 11.2 Å². The molecular formula is C9H12BrF3N2OS. The third-order valence-corrected chi connectivity index (χ3v) is 3.61. The summed E-state index contributed by atoms with van der Waals surface area (Å²) in [5, 5.41) is 1.90. The van der Waals surface area contributed by atoms with Gasteiger partial charge in [0.15, 0.2) is 0 Å². The molecule has 0 aliphatic carbocycles. The molecule has 1 aromatic heterocycles. The zero-order valence-corrected chi connectivity index (χ0v) is 11.2. The van der Waals surface area contributed by atoms with Gasteiger partial charge >= 0.3 is 6.18 Å². The minimum absolute atomic E-state index is 0.0778. The Kier molecular flexibility index (Phi) is 5.87. The Balaban J connectivity index is 2.34. The highest BCUT2D eigenvalue weighted by atomic mass is 79.9. The number of alkyl halides is 3. The number of nitrogens with one attached hydrogen (secondary N) is 1. The van der Waals surface area contributed by atoms with Gasteiger partial charge in [0.1, 0.15) is 6.61 Å². The second-order valence-corrected chi connectivity index (χ2v) is 5.34. The van der Waals surface area contributed by atoms with Crippen molar-refractivity contribution in [3.8, 4) is 0 Å². The van der Waals surface area contributed by atoms with E-state index in [1.807, 2.05) is 11.4 Å². The van der Waals surface area contributed by atoms with Crippen molar-refractivity contribution in [1.82, 2.24) is 5.43 Å². The molecule has 3 nitrogen and oxygen atoms in total. The summed E-state index contributed by atoms with van der Waals surface area (Å²) in [5.74, 6) is 5.26. The first-order valence-electron chi connectivity index (χ1n) is 4.74. The molecule has 0 radical (unpaired) electrons. The van der Waals surface area contributed by atoms with E-state index in [9.17, 15) is 13.2 Å². The molecule has 1 atom stereocenters. The largest absolute Gasteiger partial charge is 0.411 e. The van der Waals surface area contributed by atoms with Gasteiger partial charge in [-0.3, -0.25) is 11.3 Å². The Morgan fingerprint density at radius 3 is 2.71 bits per heavy atom. The monoisotopic (exact) mass is 332 g/mol. The normalized spacial score (nSPS) is 13.9. The maximum atomic E-state index is 11.9. The van der Waals surface area contributed by atoms with Gasteiger partial charge in [-0.15, -0.1) is 11.3 Å². The quantitative estimate of drug-likeness (QED) is 0.621. The average Bonchev–Trinajstić information content (AvgIpc) is 2.60. The van der Waals surface area contributed by atoms with Crippen LogP contribution in [-0.4, -0.2) is 25.4 Å². The van der Waals surface area contributed by atoms with E-state index >= 15 is 0 Å². The van der Waals surface area contributed by atoms with Crippen molar-refractivity contribution in [2.75, 3.05) is 13.2 Å². The van der Waals surface area contributed by atoms with E-state index in [4.69, 9.17) is 5.84 Å². The Labute approximate surface area is 109 Å². The Morgan fingerprint density at radius 2 is 2.24 bits per heavy atom. The minimum atomic E-state index is -4.30. The summed E-state index contributed by atoms with van der Waals surface area (Å²) in [6.07, 6.45) is -3.77. The maximum Gasteiger partial charge on any atom is 0.411 e. The second kappa shape index (κ2) is 6.69. The van der Waals surface area contributed by atoms with Gasteiger partial charge < -0.3 is 4.74 Å². The molecule has 3 N–H and O–H groups in total. The number of hydrogen-bond donors (Lipinski definition) is 2. The van der Waals surface area contributed by atoms with E-state index in [0.717, 1.165) is 9.35 Å². The predicted octanol–water partition coefficient (Wildman–Crippen LogP) is 2.46. The van der Waals surface area contributed by atoms with Crippen molar-refractivity contribution in [2.45, 2.75) is 18.6 Å². The van der Waals surface area contributed by atoms with Crippen molar-refractivity contribution in [3.05, 3.63) is 20.8 Å². The van der Waals surface area contributed by atoms with Gasteiger partial charge in [0.25, 0.3) is 0 Å². The number of thiophene rings is 1. The van der Waals surface area contributed by atoms with Gasteiger partial charge in [0.2, 0.25) is 0 Å². The van der Waals surface area contributed by atoms with Crippen molar-refractivity contribution >= 4 is 27.3 Å². The highest BCUT2D eigenvalue weighted by Gasteiger charge is 2.27. The molecule has 0 spiro atoms. The number of ether oxygens (including phenoxy) is 1. The zero-order chi connectivity index (χ0) is 12.9. The second-order valence-electron chi connectivity index (χ2n) is 3.43. The molecule has 1 heterocycles. The van der Waals surface area contributed by atoms with E-state index in [-0.39, 0.29) is 12.6 Å². The maximum absolute atomic E-state index is 11.9. The molecule has 1 aromatic rings. The van der Waals surface area contributed by atoms with E-state index in [1.165, 1.54) is 11.3 Å². The van der Waals surface area contributed by atoms with Crippen LogP contribution in [0.1, 0.15) is 4.88 Å². The third kappa shape index (κ3) is 6.37. The first kappa shape index (κ1) is 14.9. The van der Waals surface area contributed by atoms with Gasteiger partial charge in [-0.2, -0.15) is 13.2 Å². The van der Waals surface area contributed by atoms with Crippen molar-refractivity contribution in [1.29, 1.82) is 0 Å². The lowest BCUT2D eigenvalue weighted by molar-refractivity contribution is -0.175. The van der Waals surface area contributed by atoms with Gasteiger partial charge in [-0.05, 0) is 22.0 Å². The SMILES string of the molecule is NNC(COCC(F)(F)F)Cc1cc(Br)cs1. The van der Waals surface area contributed by atoms with E-state index < -0.39 is 12.8 Å². The van der Waals surface area contributed by atoms with Crippen molar-refractivity contribution in [2.24, 2.45) is 5.84 Å². The molecule has 1 rings (SSSR count). The standard InChI is InChI=1S/C9H12BrF3N2OS/c10-6-1-8(17-4-6)2-7(15-14)3-16-5-9(11,12)13/h1,4,7,15H,2-3,5,14H2. The van der Waals surface area contributed by atoms with Gasteiger partial charge in [-0.25, -0.2) is 0 Å². The Bertz CT molecular complexity index is 345. The molecule has 0 saturated heterocycles. The van der Waals surface area contributed by atoms with Crippen LogP contribution in [0.3, 0.4) is 0 Å². The molecule has 1 unspecified atom stereocenters. The van der Waals surface area contributed by atoms with Crippen LogP contribution in [0.25, 0.3) is 0 Å². The number of hydrogen-bond acceptors (Lipinski definition) is 4. The van der Waals surface area contributed by atoms with Crippen LogP contribution in [0.5, 0.6) is 0 Å². The van der Waals surface area contributed by atoms with Crippen molar-refractivity contribution < 1.29 is 17.9 Å². The fraction of sp³-hybridized carbons (Fsp3) is 0.556. The highest BCUT2D eigenvalue weighted by molar-refractivity contribution is 9.10. The molecule has 17 heavy (non-hydrogen) atoms. The Morgan fingerprint density at radius 1 is 1.53 bits per heavy atom. The summed E-state index contributed by atoms with van der Waals surface area (Å²) >= 11 is 4.81. The summed E-state index contributed by atoms with van der Waals surface area (Å²) < 4.78 is 41.1. The Hall–Kier alpha value is -0.150. The summed E-state index contributed by atoms with van der Waals surface area (Å²) in [6, 6.07) is 1.57. The number of halogens is 4. The van der Waals surface area contributed by atoms with Crippen LogP contribution < -0.4 is 11.3 Å². The van der Waals surface area contributed by atoms with E-state index in [2.05, 4.69) is 26.1 Å². The van der Waals surface area contributed by atoms with Gasteiger partial charge in [-0.1, -0.05) is 0 Å².